The minimum Gasteiger partial charge on any atom is -0.324 e. The van der Waals surface area contributed by atoms with Crippen molar-refractivity contribution in [2.75, 3.05) is 5.32 Å². The van der Waals surface area contributed by atoms with E-state index in [-0.39, 0.29) is 18.4 Å². The Labute approximate surface area is 135 Å². The van der Waals surface area contributed by atoms with Crippen LogP contribution in [-0.4, -0.2) is 10.9 Å². The third kappa shape index (κ3) is 4.64. The lowest BCUT2D eigenvalue weighted by atomic mass is 10.0. The molecular formula is C17H23N3OS. The number of rotatable bonds is 6. The fraction of sp³-hybridized carbons (Fsp3) is 0.412. The van der Waals surface area contributed by atoms with Gasteiger partial charge in [-0.2, -0.15) is 0 Å². The van der Waals surface area contributed by atoms with Crippen LogP contribution in [0.3, 0.4) is 0 Å². The first-order chi connectivity index (χ1) is 10.5. The zero-order valence-electron chi connectivity index (χ0n) is 13.3. The van der Waals surface area contributed by atoms with Crippen LogP contribution in [0.2, 0.25) is 0 Å². The Morgan fingerprint density at radius 2 is 2.00 bits per heavy atom. The maximum absolute atomic E-state index is 12.2. The average molecular weight is 317 g/mol. The SMILES string of the molecule is Cc1nc(CC(C)C)c(NC(=O)CC(N)c2ccccc2)s1. The van der Waals surface area contributed by atoms with Crippen molar-refractivity contribution < 1.29 is 4.79 Å². The van der Waals surface area contributed by atoms with Crippen molar-refractivity contribution in [1.29, 1.82) is 0 Å². The van der Waals surface area contributed by atoms with E-state index in [1.807, 2.05) is 37.3 Å². The number of nitrogens with zero attached hydrogens (tertiary/aromatic N) is 1. The summed E-state index contributed by atoms with van der Waals surface area (Å²) in [4.78, 5) is 16.7. The second kappa shape index (κ2) is 7.51. The lowest BCUT2D eigenvalue weighted by Gasteiger charge is -2.12. The third-order valence-corrected chi connectivity index (χ3v) is 4.22. The highest BCUT2D eigenvalue weighted by Crippen LogP contribution is 2.27. The van der Waals surface area contributed by atoms with Crippen LogP contribution in [0.1, 0.15) is 42.6 Å². The van der Waals surface area contributed by atoms with Gasteiger partial charge >= 0.3 is 0 Å². The minimum absolute atomic E-state index is 0.0648. The van der Waals surface area contributed by atoms with Crippen molar-refractivity contribution in [2.45, 2.75) is 39.7 Å². The van der Waals surface area contributed by atoms with Crippen LogP contribution in [0.4, 0.5) is 5.00 Å². The van der Waals surface area contributed by atoms with Crippen molar-refractivity contribution >= 4 is 22.2 Å². The standard InChI is InChI=1S/C17H23N3OS/c1-11(2)9-15-17(22-12(3)19-15)20-16(21)10-14(18)13-7-5-4-6-8-13/h4-8,11,14H,9-10,18H2,1-3H3,(H,20,21). The molecule has 0 fully saturated rings. The molecule has 1 aromatic carbocycles. The zero-order valence-corrected chi connectivity index (χ0v) is 14.1. The van der Waals surface area contributed by atoms with Crippen LogP contribution in [0.25, 0.3) is 0 Å². The number of benzene rings is 1. The molecular weight excluding hydrogens is 294 g/mol. The smallest absolute Gasteiger partial charge is 0.226 e. The van der Waals surface area contributed by atoms with Crippen molar-refractivity contribution in [3.63, 3.8) is 0 Å². The van der Waals surface area contributed by atoms with E-state index in [9.17, 15) is 4.79 Å². The van der Waals surface area contributed by atoms with Gasteiger partial charge < -0.3 is 11.1 Å². The topological polar surface area (TPSA) is 68.0 Å². The van der Waals surface area contributed by atoms with Crippen molar-refractivity contribution in [3.05, 3.63) is 46.6 Å². The number of nitrogens with one attached hydrogen (secondary N) is 1. The largest absolute Gasteiger partial charge is 0.324 e. The summed E-state index contributed by atoms with van der Waals surface area (Å²) in [6.07, 6.45) is 1.13. The van der Waals surface area contributed by atoms with Gasteiger partial charge in [0, 0.05) is 12.5 Å². The lowest BCUT2D eigenvalue weighted by molar-refractivity contribution is -0.116. The monoisotopic (exact) mass is 317 g/mol. The molecule has 118 valence electrons. The molecule has 0 saturated heterocycles. The number of thiazole rings is 1. The molecule has 1 aromatic heterocycles. The van der Waals surface area contributed by atoms with Gasteiger partial charge in [0.05, 0.1) is 10.7 Å². The second-order valence-electron chi connectivity index (χ2n) is 5.88. The lowest BCUT2D eigenvalue weighted by Crippen LogP contribution is -2.20. The van der Waals surface area contributed by atoms with Crippen molar-refractivity contribution in [2.24, 2.45) is 11.7 Å². The number of carbonyl (C=O) groups is 1. The maximum atomic E-state index is 12.2. The Bertz CT molecular complexity index is 622. The Hall–Kier alpha value is -1.72. The predicted octanol–water partition coefficient (Wildman–Crippen LogP) is 3.68. The van der Waals surface area contributed by atoms with E-state index in [2.05, 4.69) is 24.1 Å². The summed E-state index contributed by atoms with van der Waals surface area (Å²) in [7, 11) is 0. The fourth-order valence-corrected chi connectivity index (χ4v) is 3.15. The summed E-state index contributed by atoms with van der Waals surface area (Å²) in [5.74, 6) is 0.439. The Morgan fingerprint density at radius 1 is 1.32 bits per heavy atom. The Balaban J connectivity index is 2.00. The van der Waals surface area contributed by atoms with Crippen LogP contribution in [0.5, 0.6) is 0 Å². The highest BCUT2D eigenvalue weighted by molar-refractivity contribution is 7.16. The molecule has 1 atom stereocenters. The molecule has 0 aliphatic rings. The highest BCUT2D eigenvalue weighted by Gasteiger charge is 2.16. The van der Waals surface area contributed by atoms with Crippen LogP contribution in [0, 0.1) is 12.8 Å². The predicted molar refractivity (Wildman–Crippen MR) is 92.0 cm³/mol. The van der Waals surface area contributed by atoms with Crippen LogP contribution in [0.15, 0.2) is 30.3 Å². The Morgan fingerprint density at radius 3 is 2.64 bits per heavy atom. The molecule has 0 radical (unpaired) electrons. The number of aryl methyl sites for hydroxylation is 1. The fourth-order valence-electron chi connectivity index (χ4n) is 2.29. The number of hydrogen-bond donors (Lipinski definition) is 2. The molecule has 3 N–H and O–H groups in total. The molecule has 0 aliphatic heterocycles. The molecule has 2 aromatic rings. The summed E-state index contributed by atoms with van der Waals surface area (Å²) in [5.41, 5.74) is 8.04. The van der Waals surface area contributed by atoms with Crippen molar-refractivity contribution in [1.82, 2.24) is 4.98 Å². The first-order valence-corrected chi connectivity index (χ1v) is 8.34. The minimum atomic E-state index is -0.288. The van der Waals surface area contributed by atoms with Gasteiger partial charge in [0.15, 0.2) is 0 Å². The summed E-state index contributed by atoms with van der Waals surface area (Å²) in [5, 5.41) is 4.80. The van der Waals surface area contributed by atoms with Crippen LogP contribution >= 0.6 is 11.3 Å². The number of hydrogen-bond acceptors (Lipinski definition) is 4. The number of aromatic nitrogens is 1. The first kappa shape index (κ1) is 16.6. The molecule has 0 bridgehead atoms. The molecule has 0 spiro atoms. The third-order valence-electron chi connectivity index (χ3n) is 3.29. The molecule has 0 aliphatic carbocycles. The number of anilines is 1. The molecule has 0 saturated carbocycles. The average Bonchev–Trinajstić information content (AvgIpc) is 2.78. The van der Waals surface area contributed by atoms with E-state index in [0.29, 0.717) is 5.92 Å². The van der Waals surface area contributed by atoms with E-state index in [1.54, 1.807) is 0 Å². The summed E-state index contributed by atoms with van der Waals surface area (Å²) >= 11 is 1.52. The van der Waals surface area contributed by atoms with Gasteiger partial charge in [0.1, 0.15) is 5.00 Å². The zero-order chi connectivity index (χ0) is 16.1. The maximum Gasteiger partial charge on any atom is 0.226 e. The number of amides is 1. The van der Waals surface area contributed by atoms with Gasteiger partial charge in [-0.25, -0.2) is 4.98 Å². The van der Waals surface area contributed by atoms with Gasteiger partial charge in [-0.3, -0.25) is 4.79 Å². The number of carbonyl (C=O) groups excluding carboxylic acids is 1. The highest BCUT2D eigenvalue weighted by atomic mass is 32.1. The van der Waals surface area contributed by atoms with Gasteiger partial charge in [-0.15, -0.1) is 11.3 Å². The molecule has 1 unspecified atom stereocenters. The molecule has 1 heterocycles. The second-order valence-corrected chi connectivity index (χ2v) is 7.08. The first-order valence-electron chi connectivity index (χ1n) is 7.52. The van der Waals surface area contributed by atoms with Crippen molar-refractivity contribution in [3.8, 4) is 0 Å². The van der Waals surface area contributed by atoms with Gasteiger partial charge in [0.25, 0.3) is 0 Å². The van der Waals surface area contributed by atoms with E-state index in [1.165, 1.54) is 11.3 Å². The van der Waals surface area contributed by atoms with Gasteiger partial charge in [0.2, 0.25) is 5.91 Å². The summed E-state index contributed by atoms with van der Waals surface area (Å²) in [6.45, 7) is 6.25. The van der Waals surface area contributed by atoms with E-state index in [0.717, 1.165) is 27.7 Å². The molecule has 5 heteroatoms. The van der Waals surface area contributed by atoms with E-state index in [4.69, 9.17) is 5.73 Å². The molecule has 2 rings (SSSR count). The van der Waals surface area contributed by atoms with Gasteiger partial charge in [-0.05, 0) is 24.8 Å². The van der Waals surface area contributed by atoms with Crippen LogP contribution in [-0.2, 0) is 11.2 Å². The molecule has 4 nitrogen and oxygen atoms in total. The number of nitrogens with two attached hydrogens (primary N) is 1. The van der Waals surface area contributed by atoms with Gasteiger partial charge in [-0.1, -0.05) is 44.2 Å². The normalized spacial score (nSPS) is 12.4. The van der Waals surface area contributed by atoms with E-state index < -0.39 is 0 Å². The van der Waals surface area contributed by atoms with E-state index >= 15 is 0 Å². The molecule has 22 heavy (non-hydrogen) atoms. The summed E-state index contributed by atoms with van der Waals surface area (Å²) < 4.78 is 0. The Kier molecular flexibility index (Phi) is 5.69. The molecule has 1 amide bonds. The quantitative estimate of drug-likeness (QED) is 0.854. The summed E-state index contributed by atoms with van der Waals surface area (Å²) in [6, 6.07) is 9.40. The van der Waals surface area contributed by atoms with Crippen LogP contribution < -0.4 is 11.1 Å².